The molecule has 1 amide bonds. The Morgan fingerprint density at radius 1 is 1.27 bits per heavy atom. The molecule has 156 valence electrons. The Morgan fingerprint density at radius 3 is 2.87 bits per heavy atom. The first kappa shape index (κ1) is 20.2. The van der Waals surface area contributed by atoms with Crippen molar-refractivity contribution < 1.29 is 4.79 Å². The van der Waals surface area contributed by atoms with E-state index in [9.17, 15) is 4.79 Å². The highest BCUT2D eigenvalue weighted by atomic mass is 32.1. The van der Waals surface area contributed by atoms with Crippen molar-refractivity contribution in [1.82, 2.24) is 29.6 Å². The van der Waals surface area contributed by atoms with Gasteiger partial charge in [-0.05, 0) is 45.3 Å². The second-order valence-electron chi connectivity index (χ2n) is 7.40. The highest BCUT2D eigenvalue weighted by molar-refractivity contribution is 7.13. The molecule has 0 saturated carbocycles. The molecule has 1 aliphatic heterocycles. The van der Waals surface area contributed by atoms with Gasteiger partial charge in [0.25, 0.3) is 0 Å². The highest BCUT2D eigenvalue weighted by Gasteiger charge is 2.28. The molecule has 1 fully saturated rings. The van der Waals surface area contributed by atoms with E-state index in [-0.39, 0.29) is 11.9 Å². The molecular weight excluding hydrogens is 398 g/mol. The van der Waals surface area contributed by atoms with Crippen molar-refractivity contribution >= 4 is 34.3 Å². The third-order valence-corrected chi connectivity index (χ3v) is 5.97. The van der Waals surface area contributed by atoms with E-state index in [2.05, 4.69) is 25.4 Å². The Balaban J connectivity index is 1.56. The number of hydrogen-bond acceptors (Lipinski definition) is 7. The van der Waals surface area contributed by atoms with Gasteiger partial charge in [0.15, 0.2) is 5.13 Å². The van der Waals surface area contributed by atoms with E-state index in [1.807, 2.05) is 49.4 Å². The molecular formula is C21H25N7OS. The summed E-state index contributed by atoms with van der Waals surface area (Å²) in [7, 11) is 1.86. The molecule has 0 radical (unpaired) electrons. The molecule has 3 aromatic heterocycles. The normalized spacial score (nSPS) is 16.9. The standard InChI is InChI=1S/C21H25N7OS/c1-14-13-30-21(23-14)26-19-12-17(24-15(2)25-19)18-6-4-5-11-28(18)20(29)8-7-16-9-10-22-27(16)3/h7-10,12-13,18H,4-6,11H2,1-3H3,(H,23,24,25,26)/b8-7+. The van der Waals surface area contributed by atoms with E-state index in [1.165, 1.54) is 0 Å². The van der Waals surface area contributed by atoms with Crippen LogP contribution in [0.5, 0.6) is 0 Å². The number of nitrogens with one attached hydrogen (secondary N) is 1. The summed E-state index contributed by atoms with van der Waals surface area (Å²) in [5, 5.41) is 10.2. The van der Waals surface area contributed by atoms with Crippen LogP contribution in [0.4, 0.5) is 10.9 Å². The molecule has 4 rings (SSSR count). The molecule has 8 nitrogen and oxygen atoms in total. The zero-order valence-electron chi connectivity index (χ0n) is 17.4. The summed E-state index contributed by atoms with van der Waals surface area (Å²) in [6.07, 6.45) is 8.10. The molecule has 30 heavy (non-hydrogen) atoms. The zero-order chi connectivity index (χ0) is 21.1. The van der Waals surface area contributed by atoms with E-state index in [4.69, 9.17) is 0 Å². The summed E-state index contributed by atoms with van der Waals surface area (Å²) in [4.78, 5) is 28.5. The predicted octanol–water partition coefficient (Wildman–Crippen LogP) is 3.79. The number of aryl methyl sites for hydroxylation is 3. The van der Waals surface area contributed by atoms with Gasteiger partial charge in [-0.2, -0.15) is 5.10 Å². The first-order valence-electron chi connectivity index (χ1n) is 10.0. The lowest BCUT2D eigenvalue weighted by Gasteiger charge is -2.35. The van der Waals surface area contributed by atoms with Crippen molar-refractivity contribution in [2.24, 2.45) is 7.05 Å². The van der Waals surface area contributed by atoms with Crippen LogP contribution >= 0.6 is 11.3 Å². The number of hydrogen-bond donors (Lipinski definition) is 1. The molecule has 1 N–H and O–H groups in total. The maximum absolute atomic E-state index is 13.0. The number of piperidine rings is 1. The number of aromatic nitrogens is 5. The van der Waals surface area contributed by atoms with Crippen molar-refractivity contribution in [3.63, 3.8) is 0 Å². The van der Waals surface area contributed by atoms with Crippen molar-refractivity contribution in [2.45, 2.75) is 39.2 Å². The van der Waals surface area contributed by atoms with Gasteiger partial charge in [0.2, 0.25) is 5.91 Å². The van der Waals surface area contributed by atoms with E-state index in [1.54, 1.807) is 28.3 Å². The maximum Gasteiger partial charge on any atom is 0.247 e. The summed E-state index contributed by atoms with van der Waals surface area (Å²) >= 11 is 1.54. The smallest absolute Gasteiger partial charge is 0.247 e. The lowest BCUT2D eigenvalue weighted by atomic mass is 9.98. The molecule has 9 heteroatoms. The topological polar surface area (TPSA) is 88.8 Å². The van der Waals surface area contributed by atoms with Gasteiger partial charge in [0, 0.05) is 37.3 Å². The Labute approximate surface area is 179 Å². The molecule has 1 unspecified atom stereocenters. The lowest BCUT2D eigenvalue weighted by molar-refractivity contribution is -0.129. The van der Waals surface area contributed by atoms with Gasteiger partial charge in [0.1, 0.15) is 11.6 Å². The highest BCUT2D eigenvalue weighted by Crippen LogP contribution is 2.32. The molecule has 0 aliphatic carbocycles. The summed E-state index contributed by atoms with van der Waals surface area (Å²) in [6.45, 7) is 4.55. The van der Waals surface area contributed by atoms with E-state index >= 15 is 0 Å². The minimum absolute atomic E-state index is 0.0118. The van der Waals surface area contributed by atoms with Gasteiger partial charge in [-0.25, -0.2) is 15.0 Å². The van der Waals surface area contributed by atoms with Gasteiger partial charge in [-0.3, -0.25) is 9.48 Å². The number of carbonyl (C=O) groups is 1. The summed E-state index contributed by atoms with van der Waals surface area (Å²) in [6, 6.07) is 3.75. The molecule has 0 spiro atoms. The fraction of sp³-hybridized carbons (Fsp3) is 0.381. The first-order valence-corrected chi connectivity index (χ1v) is 10.9. The monoisotopic (exact) mass is 423 g/mol. The van der Waals surface area contributed by atoms with E-state index in [0.717, 1.165) is 48.0 Å². The minimum Gasteiger partial charge on any atom is -0.331 e. The number of rotatable bonds is 5. The van der Waals surface area contributed by atoms with Gasteiger partial charge in [-0.15, -0.1) is 11.3 Å². The Morgan fingerprint density at radius 2 is 2.13 bits per heavy atom. The second kappa shape index (κ2) is 8.74. The maximum atomic E-state index is 13.0. The summed E-state index contributed by atoms with van der Waals surface area (Å²) in [5.74, 6) is 1.36. The largest absolute Gasteiger partial charge is 0.331 e. The van der Waals surface area contributed by atoms with Crippen LogP contribution in [-0.4, -0.2) is 42.1 Å². The second-order valence-corrected chi connectivity index (χ2v) is 8.26. The van der Waals surface area contributed by atoms with Crippen molar-refractivity contribution in [3.8, 4) is 0 Å². The Hall–Kier alpha value is -3.07. The first-order chi connectivity index (χ1) is 14.5. The molecule has 0 aromatic carbocycles. The minimum atomic E-state index is -0.0669. The van der Waals surface area contributed by atoms with Crippen LogP contribution < -0.4 is 5.32 Å². The molecule has 1 saturated heterocycles. The molecule has 1 aliphatic rings. The van der Waals surface area contributed by atoms with Gasteiger partial charge >= 0.3 is 0 Å². The molecule has 3 aromatic rings. The Bertz CT molecular complexity index is 1070. The van der Waals surface area contributed by atoms with Crippen molar-refractivity contribution in [1.29, 1.82) is 0 Å². The van der Waals surface area contributed by atoms with Crippen LogP contribution in [0.25, 0.3) is 6.08 Å². The number of carbonyl (C=O) groups excluding carboxylic acids is 1. The van der Waals surface area contributed by atoms with E-state index < -0.39 is 0 Å². The van der Waals surface area contributed by atoms with Crippen LogP contribution in [0.2, 0.25) is 0 Å². The van der Waals surface area contributed by atoms with Gasteiger partial charge < -0.3 is 10.2 Å². The number of amides is 1. The summed E-state index contributed by atoms with van der Waals surface area (Å²) < 4.78 is 1.74. The predicted molar refractivity (Wildman–Crippen MR) is 117 cm³/mol. The SMILES string of the molecule is Cc1csc(Nc2cc(C3CCCCN3C(=O)/C=C/c3ccnn3C)nc(C)n2)n1. The average Bonchev–Trinajstić information content (AvgIpc) is 3.33. The van der Waals surface area contributed by atoms with Gasteiger partial charge in [0.05, 0.1) is 23.1 Å². The fourth-order valence-electron chi connectivity index (χ4n) is 3.65. The number of thiazole rings is 1. The van der Waals surface area contributed by atoms with Crippen molar-refractivity contribution in [3.05, 3.63) is 52.7 Å². The third-order valence-electron chi connectivity index (χ3n) is 5.09. The van der Waals surface area contributed by atoms with Crippen LogP contribution in [0, 0.1) is 13.8 Å². The number of likely N-dealkylation sites (tertiary alicyclic amines) is 1. The average molecular weight is 424 g/mol. The number of nitrogens with zero attached hydrogens (tertiary/aromatic N) is 6. The third kappa shape index (κ3) is 4.56. The lowest BCUT2D eigenvalue weighted by Crippen LogP contribution is -2.38. The van der Waals surface area contributed by atoms with E-state index in [0.29, 0.717) is 11.6 Å². The fourth-order valence-corrected chi connectivity index (χ4v) is 4.34. The zero-order valence-corrected chi connectivity index (χ0v) is 18.2. The van der Waals surface area contributed by atoms with Crippen LogP contribution in [0.1, 0.15) is 48.2 Å². The molecule has 0 bridgehead atoms. The molecule has 1 atom stereocenters. The van der Waals surface area contributed by atoms with Gasteiger partial charge in [-0.1, -0.05) is 0 Å². The van der Waals surface area contributed by atoms with Crippen molar-refractivity contribution in [2.75, 3.05) is 11.9 Å². The van der Waals surface area contributed by atoms with Crippen LogP contribution in [0.15, 0.2) is 29.8 Å². The number of anilines is 2. The van der Waals surface area contributed by atoms with Crippen LogP contribution in [0.3, 0.4) is 0 Å². The Kier molecular flexibility index (Phi) is 5.89. The molecule has 4 heterocycles. The van der Waals surface area contributed by atoms with Crippen LogP contribution in [-0.2, 0) is 11.8 Å². The summed E-state index contributed by atoms with van der Waals surface area (Å²) in [5.41, 5.74) is 2.72. The quantitative estimate of drug-likeness (QED) is 0.628.